The molecular weight excluding hydrogens is 183 g/mol. The summed E-state index contributed by atoms with van der Waals surface area (Å²) in [6.07, 6.45) is 3.41. The second-order valence-corrected chi connectivity index (χ2v) is 3.86. The zero-order valence-electron chi connectivity index (χ0n) is 7.88. The van der Waals surface area contributed by atoms with Crippen LogP contribution in [0.1, 0.15) is 12.5 Å². The third-order valence-electron chi connectivity index (χ3n) is 1.83. The Kier molecular flexibility index (Phi) is 4.03. The molecule has 0 saturated carbocycles. The predicted octanol–water partition coefficient (Wildman–Crippen LogP) is 3.82. The summed E-state index contributed by atoms with van der Waals surface area (Å²) in [5.74, 6) is 0. The van der Waals surface area contributed by atoms with Gasteiger partial charge in [-0.15, -0.1) is 11.8 Å². The SMILES string of the molecule is CSc1ccc(C/C(C)=C\F)cc1. The molecule has 2 heteroatoms. The standard InChI is InChI=1S/C11H13FS/c1-9(8-12)7-10-3-5-11(13-2)6-4-10/h3-6,8H,7H2,1-2H3/b9-8-. The lowest BCUT2D eigenvalue weighted by atomic mass is 10.1. The Bertz CT molecular complexity index is 287. The van der Waals surface area contributed by atoms with Crippen molar-refractivity contribution in [2.45, 2.75) is 18.2 Å². The molecule has 13 heavy (non-hydrogen) atoms. The summed E-state index contributed by atoms with van der Waals surface area (Å²) in [5.41, 5.74) is 1.92. The van der Waals surface area contributed by atoms with E-state index in [9.17, 15) is 4.39 Å². The molecule has 0 atom stereocenters. The number of hydrogen-bond donors (Lipinski definition) is 0. The third kappa shape index (κ3) is 3.23. The first-order valence-corrected chi connectivity index (χ1v) is 5.37. The van der Waals surface area contributed by atoms with Crippen molar-refractivity contribution in [3.05, 3.63) is 41.7 Å². The fraction of sp³-hybridized carbons (Fsp3) is 0.273. The van der Waals surface area contributed by atoms with Gasteiger partial charge in [0.25, 0.3) is 0 Å². The lowest BCUT2D eigenvalue weighted by Crippen LogP contribution is -1.85. The summed E-state index contributed by atoms with van der Waals surface area (Å²) in [4.78, 5) is 1.24. The second-order valence-electron chi connectivity index (χ2n) is 2.98. The Balaban J connectivity index is 2.69. The van der Waals surface area contributed by atoms with Crippen LogP contribution in [0.2, 0.25) is 0 Å². The number of hydrogen-bond acceptors (Lipinski definition) is 1. The highest BCUT2D eigenvalue weighted by Gasteiger charge is 1.95. The summed E-state index contributed by atoms with van der Waals surface area (Å²) in [6.45, 7) is 1.79. The highest BCUT2D eigenvalue weighted by molar-refractivity contribution is 7.98. The van der Waals surface area contributed by atoms with E-state index in [0.717, 1.165) is 11.1 Å². The molecule has 0 aliphatic heterocycles. The van der Waals surface area contributed by atoms with E-state index < -0.39 is 0 Å². The van der Waals surface area contributed by atoms with Crippen LogP contribution in [0.3, 0.4) is 0 Å². The van der Waals surface area contributed by atoms with E-state index in [0.29, 0.717) is 12.8 Å². The van der Waals surface area contributed by atoms with E-state index in [1.54, 1.807) is 18.7 Å². The normalized spacial score (nSPS) is 11.8. The average molecular weight is 196 g/mol. The van der Waals surface area contributed by atoms with Crippen LogP contribution in [-0.4, -0.2) is 6.26 Å². The molecule has 0 N–H and O–H groups in total. The van der Waals surface area contributed by atoms with Gasteiger partial charge in [-0.1, -0.05) is 12.1 Å². The Morgan fingerprint density at radius 1 is 1.38 bits per heavy atom. The van der Waals surface area contributed by atoms with Crippen LogP contribution in [-0.2, 0) is 6.42 Å². The highest BCUT2D eigenvalue weighted by Crippen LogP contribution is 2.16. The van der Waals surface area contributed by atoms with Gasteiger partial charge >= 0.3 is 0 Å². The largest absolute Gasteiger partial charge is 0.216 e. The molecule has 0 unspecified atom stereocenters. The molecule has 70 valence electrons. The lowest BCUT2D eigenvalue weighted by molar-refractivity contribution is 0.704. The topological polar surface area (TPSA) is 0 Å². The van der Waals surface area contributed by atoms with Crippen LogP contribution in [0.25, 0.3) is 0 Å². The van der Waals surface area contributed by atoms with Crippen molar-refractivity contribution < 1.29 is 4.39 Å². The van der Waals surface area contributed by atoms with Crippen molar-refractivity contribution >= 4 is 11.8 Å². The molecule has 0 radical (unpaired) electrons. The minimum atomic E-state index is 0.669. The first kappa shape index (κ1) is 10.3. The minimum absolute atomic E-state index is 0.669. The van der Waals surface area contributed by atoms with Crippen molar-refractivity contribution in [3.63, 3.8) is 0 Å². The second kappa shape index (κ2) is 5.07. The van der Waals surface area contributed by atoms with Crippen molar-refractivity contribution in [1.82, 2.24) is 0 Å². The summed E-state index contributed by atoms with van der Waals surface area (Å²) >= 11 is 1.71. The molecule has 0 heterocycles. The quantitative estimate of drug-likeness (QED) is 0.662. The van der Waals surface area contributed by atoms with Crippen LogP contribution in [0.4, 0.5) is 4.39 Å². The van der Waals surface area contributed by atoms with Gasteiger partial charge in [0.05, 0.1) is 6.33 Å². The highest BCUT2D eigenvalue weighted by atomic mass is 32.2. The van der Waals surface area contributed by atoms with Crippen LogP contribution in [0.15, 0.2) is 41.1 Å². The van der Waals surface area contributed by atoms with Crippen LogP contribution in [0, 0.1) is 0 Å². The molecule has 0 aliphatic rings. The number of thioether (sulfide) groups is 1. The van der Waals surface area contributed by atoms with Gasteiger partial charge in [-0.3, -0.25) is 0 Å². The molecule has 0 fully saturated rings. The number of allylic oxidation sites excluding steroid dienone is 1. The van der Waals surface area contributed by atoms with E-state index >= 15 is 0 Å². The predicted molar refractivity (Wildman–Crippen MR) is 56.8 cm³/mol. The smallest absolute Gasteiger partial charge is 0.0859 e. The van der Waals surface area contributed by atoms with Crippen molar-refractivity contribution in [1.29, 1.82) is 0 Å². The lowest BCUT2D eigenvalue weighted by Gasteiger charge is -2.01. The van der Waals surface area contributed by atoms with Gasteiger partial charge in [0.15, 0.2) is 0 Å². The summed E-state index contributed by atoms with van der Waals surface area (Å²) < 4.78 is 12.1. The molecule has 0 saturated heterocycles. The average Bonchev–Trinajstić information content (AvgIpc) is 2.19. The Morgan fingerprint density at radius 3 is 2.46 bits per heavy atom. The fourth-order valence-corrected chi connectivity index (χ4v) is 1.51. The molecule has 0 amide bonds. The van der Waals surface area contributed by atoms with Gasteiger partial charge in [0, 0.05) is 4.90 Å². The molecule has 1 rings (SSSR count). The number of benzene rings is 1. The molecule has 0 spiro atoms. The third-order valence-corrected chi connectivity index (χ3v) is 2.57. The van der Waals surface area contributed by atoms with Gasteiger partial charge in [-0.25, -0.2) is 4.39 Å². The molecule has 0 aromatic heterocycles. The summed E-state index contributed by atoms with van der Waals surface area (Å²) in [7, 11) is 0. The molecule has 1 aromatic rings. The van der Waals surface area contributed by atoms with Gasteiger partial charge in [0.1, 0.15) is 0 Å². The maximum atomic E-state index is 12.1. The molecule has 0 bridgehead atoms. The van der Waals surface area contributed by atoms with Crippen LogP contribution >= 0.6 is 11.8 Å². The van der Waals surface area contributed by atoms with Gasteiger partial charge in [0.2, 0.25) is 0 Å². The van der Waals surface area contributed by atoms with Gasteiger partial charge in [-0.2, -0.15) is 0 Å². The first-order chi connectivity index (χ1) is 6.26. The molecule has 0 nitrogen and oxygen atoms in total. The fourth-order valence-electron chi connectivity index (χ4n) is 1.10. The van der Waals surface area contributed by atoms with Gasteiger partial charge in [-0.05, 0) is 42.9 Å². The summed E-state index contributed by atoms with van der Waals surface area (Å²) in [5, 5.41) is 0. The zero-order valence-corrected chi connectivity index (χ0v) is 8.70. The number of halogens is 1. The zero-order chi connectivity index (χ0) is 9.68. The molecule has 1 aromatic carbocycles. The summed E-state index contributed by atoms with van der Waals surface area (Å²) in [6, 6.07) is 8.20. The van der Waals surface area contributed by atoms with E-state index in [-0.39, 0.29) is 0 Å². The number of rotatable bonds is 3. The van der Waals surface area contributed by atoms with E-state index in [4.69, 9.17) is 0 Å². The van der Waals surface area contributed by atoms with Crippen molar-refractivity contribution in [2.24, 2.45) is 0 Å². The first-order valence-electron chi connectivity index (χ1n) is 4.15. The minimum Gasteiger partial charge on any atom is -0.216 e. The van der Waals surface area contributed by atoms with Crippen LogP contribution in [0.5, 0.6) is 0 Å². The van der Waals surface area contributed by atoms with Gasteiger partial charge < -0.3 is 0 Å². The molecule has 0 aliphatic carbocycles. The maximum absolute atomic E-state index is 12.1. The van der Waals surface area contributed by atoms with Crippen LogP contribution < -0.4 is 0 Å². The van der Waals surface area contributed by atoms with Crippen molar-refractivity contribution in [2.75, 3.05) is 6.26 Å². The molecular formula is C11H13FS. The van der Waals surface area contributed by atoms with E-state index in [2.05, 4.69) is 12.1 Å². The Hall–Kier alpha value is -0.760. The Labute approximate surface area is 82.9 Å². The monoisotopic (exact) mass is 196 g/mol. The van der Waals surface area contributed by atoms with Crippen molar-refractivity contribution in [3.8, 4) is 0 Å². The van der Waals surface area contributed by atoms with E-state index in [1.807, 2.05) is 18.4 Å². The van der Waals surface area contributed by atoms with E-state index in [1.165, 1.54) is 4.90 Å². The Morgan fingerprint density at radius 2 is 2.00 bits per heavy atom. The maximum Gasteiger partial charge on any atom is 0.0859 e.